The molecule has 0 aliphatic rings. The zero-order chi connectivity index (χ0) is 11.7. The molecule has 0 N–H and O–H groups in total. The van der Waals surface area contributed by atoms with Crippen molar-refractivity contribution in [2.75, 3.05) is 7.11 Å². The molecule has 0 fully saturated rings. The van der Waals surface area contributed by atoms with Crippen LogP contribution in [-0.4, -0.2) is 21.5 Å². The number of ether oxygens (including phenoxy) is 1. The van der Waals surface area contributed by atoms with Gasteiger partial charge in [-0.15, -0.1) is 0 Å². The molecule has 0 bridgehead atoms. The maximum atomic E-state index is 5.21. The molecular weight excluding hydrogens is 214 g/mol. The smallest absolute Gasteiger partial charge is 0.163 e. The van der Waals surface area contributed by atoms with E-state index < -0.39 is 0 Å². The monoisotopic (exact) mass is 225 g/mol. The van der Waals surface area contributed by atoms with E-state index in [4.69, 9.17) is 4.74 Å². The third-order valence-corrected chi connectivity index (χ3v) is 2.63. The summed E-state index contributed by atoms with van der Waals surface area (Å²) in [4.78, 5) is 8.69. The molecule has 0 aliphatic carbocycles. The molecule has 0 atom stereocenters. The van der Waals surface area contributed by atoms with E-state index in [9.17, 15) is 0 Å². The number of aromatic nitrogens is 3. The number of hydrogen-bond acceptors (Lipinski definition) is 3. The molecule has 0 radical (unpaired) electrons. The molecule has 4 nitrogen and oxygen atoms in total. The van der Waals surface area contributed by atoms with Gasteiger partial charge >= 0.3 is 0 Å². The highest BCUT2D eigenvalue weighted by Gasteiger charge is 2.07. The summed E-state index contributed by atoms with van der Waals surface area (Å²) >= 11 is 0. The Bertz CT molecular complexity index is 646. The average Bonchev–Trinajstić information content (AvgIpc) is 2.82. The topological polar surface area (TPSA) is 39.4 Å². The van der Waals surface area contributed by atoms with Crippen molar-refractivity contribution in [2.45, 2.75) is 0 Å². The zero-order valence-corrected chi connectivity index (χ0v) is 9.37. The van der Waals surface area contributed by atoms with Gasteiger partial charge < -0.3 is 4.74 Å². The standard InChI is InChI=1S/C13H11N3O/c1-17-11-6-5-10-8-15-13(16(10)9-11)12-4-2-3-7-14-12/h2-9H,1H3. The zero-order valence-electron chi connectivity index (χ0n) is 9.37. The molecule has 84 valence electrons. The molecule has 0 unspecified atom stereocenters. The maximum absolute atomic E-state index is 5.21. The first kappa shape index (κ1) is 9.84. The molecule has 17 heavy (non-hydrogen) atoms. The summed E-state index contributed by atoms with van der Waals surface area (Å²) < 4.78 is 7.19. The van der Waals surface area contributed by atoms with E-state index in [-0.39, 0.29) is 0 Å². The number of fused-ring (bicyclic) bond motifs is 1. The van der Waals surface area contributed by atoms with Crippen molar-refractivity contribution in [1.82, 2.24) is 14.4 Å². The molecule has 3 rings (SSSR count). The Hall–Kier alpha value is -2.36. The molecule has 0 amide bonds. The molecule has 3 heterocycles. The molecule has 3 aromatic rings. The van der Waals surface area contributed by atoms with Gasteiger partial charge in [-0.1, -0.05) is 6.07 Å². The van der Waals surface area contributed by atoms with Crippen molar-refractivity contribution in [3.63, 3.8) is 0 Å². The fourth-order valence-corrected chi connectivity index (χ4v) is 1.78. The van der Waals surface area contributed by atoms with Gasteiger partial charge in [-0.2, -0.15) is 0 Å². The first-order valence-electron chi connectivity index (χ1n) is 5.31. The lowest BCUT2D eigenvalue weighted by atomic mass is 10.3. The third-order valence-electron chi connectivity index (χ3n) is 2.63. The Balaban J connectivity index is 2.23. The van der Waals surface area contributed by atoms with Gasteiger partial charge in [-0.25, -0.2) is 4.98 Å². The number of methoxy groups -OCH3 is 1. The third kappa shape index (κ3) is 1.63. The molecular formula is C13H11N3O. The van der Waals surface area contributed by atoms with E-state index in [2.05, 4.69) is 9.97 Å². The molecule has 4 heteroatoms. The van der Waals surface area contributed by atoms with Crippen molar-refractivity contribution in [3.05, 3.63) is 48.9 Å². The number of rotatable bonds is 2. The predicted molar refractivity (Wildman–Crippen MR) is 65.0 cm³/mol. The summed E-state index contributed by atoms with van der Waals surface area (Å²) in [5, 5.41) is 0. The molecule has 0 saturated carbocycles. The molecule has 0 aromatic carbocycles. The van der Waals surface area contributed by atoms with Gasteiger partial charge in [0.2, 0.25) is 0 Å². The van der Waals surface area contributed by atoms with Crippen LogP contribution < -0.4 is 4.74 Å². The lowest BCUT2D eigenvalue weighted by Gasteiger charge is -2.03. The van der Waals surface area contributed by atoms with E-state index in [1.807, 2.05) is 47.1 Å². The second kappa shape index (κ2) is 3.90. The van der Waals surface area contributed by atoms with Crippen LogP contribution in [0.2, 0.25) is 0 Å². The number of imidazole rings is 1. The maximum Gasteiger partial charge on any atom is 0.163 e. The van der Waals surface area contributed by atoms with E-state index >= 15 is 0 Å². The van der Waals surface area contributed by atoms with Crippen LogP contribution in [0.15, 0.2) is 48.9 Å². The molecule has 0 saturated heterocycles. The van der Waals surface area contributed by atoms with Crippen molar-refractivity contribution in [1.29, 1.82) is 0 Å². The second-order valence-electron chi connectivity index (χ2n) is 3.66. The average molecular weight is 225 g/mol. The van der Waals surface area contributed by atoms with Crippen LogP contribution in [0.25, 0.3) is 17.0 Å². The van der Waals surface area contributed by atoms with Crippen molar-refractivity contribution in [2.24, 2.45) is 0 Å². The van der Waals surface area contributed by atoms with Crippen molar-refractivity contribution in [3.8, 4) is 17.3 Å². The van der Waals surface area contributed by atoms with E-state index in [1.165, 1.54) is 0 Å². The van der Waals surface area contributed by atoms with E-state index in [1.54, 1.807) is 13.3 Å². The van der Waals surface area contributed by atoms with Gasteiger partial charge in [0.1, 0.15) is 11.4 Å². The summed E-state index contributed by atoms with van der Waals surface area (Å²) in [7, 11) is 1.65. The Kier molecular flexibility index (Phi) is 2.26. The van der Waals surface area contributed by atoms with Gasteiger partial charge in [0.05, 0.1) is 25.0 Å². The summed E-state index contributed by atoms with van der Waals surface area (Å²) in [5.41, 5.74) is 1.87. The van der Waals surface area contributed by atoms with Crippen LogP contribution in [0, 0.1) is 0 Å². The quantitative estimate of drug-likeness (QED) is 0.672. The van der Waals surface area contributed by atoms with Gasteiger partial charge in [-0.3, -0.25) is 9.38 Å². The van der Waals surface area contributed by atoms with Crippen molar-refractivity contribution >= 4 is 5.52 Å². The summed E-state index contributed by atoms with van der Waals surface area (Å²) in [6.45, 7) is 0. The highest BCUT2D eigenvalue weighted by Crippen LogP contribution is 2.20. The van der Waals surface area contributed by atoms with Crippen LogP contribution in [-0.2, 0) is 0 Å². The van der Waals surface area contributed by atoms with E-state index in [0.717, 1.165) is 22.8 Å². The van der Waals surface area contributed by atoms with E-state index in [0.29, 0.717) is 0 Å². The summed E-state index contributed by atoms with van der Waals surface area (Å²) in [6.07, 6.45) is 5.49. The Morgan fingerprint density at radius 3 is 2.82 bits per heavy atom. The minimum absolute atomic E-state index is 0.799. The van der Waals surface area contributed by atoms with Crippen LogP contribution in [0.3, 0.4) is 0 Å². The second-order valence-corrected chi connectivity index (χ2v) is 3.66. The fourth-order valence-electron chi connectivity index (χ4n) is 1.78. The van der Waals surface area contributed by atoms with Crippen LogP contribution in [0.1, 0.15) is 0 Å². The minimum atomic E-state index is 0.799. The Morgan fingerprint density at radius 1 is 1.12 bits per heavy atom. The van der Waals surface area contributed by atoms with Gasteiger partial charge in [0.15, 0.2) is 5.82 Å². The lowest BCUT2D eigenvalue weighted by molar-refractivity contribution is 0.412. The number of nitrogens with zero attached hydrogens (tertiary/aromatic N) is 3. The molecule has 0 aliphatic heterocycles. The molecule has 0 spiro atoms. The van der Waals surface area contributed by atoms with Gasteiger partial charge in [0.25, 0.3) is 0 Å². The molecule has 3 aromatic heterocycles. The van der Waals surface area contributed by atoms with Crippen LogP contribution in [0.4, 0.5) is 0 Å². The summed E-state index contributed by atoms with van der Waals surface area (Å²) in [6, 6.07) is 9.66. The normalized spacial score (nSPS) is 10.6. The first-order chi connectivity index (χ1) is 8.38. The number of hydrogen-bond donors (Lipinski definition) is 0. The highest BCUT2D eigenvalue weighted by molar-refractivity contribution is 5.59. The predicted octanol–water partition coefficient (Wildman–Crippen LogP) is 2.40. The largest absolute Gasteiger partial charge is 0.495 e. The van der Waals surface area contributed by atoms with Crippen LogP contribution >= 0.6 is 0 Å². The minimum Gasteiger partial charge on any atom is -0.495 e. The van der Waals surface area contributed by atoms with Crippen LogP contribution in [0.5, 0.6) is 5.75 Å². The highest BCUT2D eigenvalue weighted by atomic mass is 16.5. The summed E-state index contributed by atoms with van der Waals surface area (Å²) in [5.74, 6) is 1.62. The first-order valence-corrected chi connectivity index (χ1v) is 5.31. The fraction of sp³-hybridized carbons (Fsp3) is 0.0769. The Morgan fingerprint density at radius 2 is 2.06 bits per heavy atom. The van der Waals surface area contributed by atoms with Crippen molar-refractivity contribution < 1.29 is 4.74 Å². The van der Waals surface area contributed by atoms with Gasteiger partial charge in [-0.05, 0) is 24.3 Å². The Labute approximate surface area is 98.5 Å². The van der Waals surface area contributed by atoms with Gasteiger partial charge in [0, 0.05) is 6.20 Å². The lowest BCUT2D eigenvalue weighted by Crippen LogP contribution is -1.92. The SMILES string of the molecule is COc1ccc2cnc(-c3ccccn3)n2c1. The number of pyridine rings is 2.